The molecule has 0 atom stereocenters. The zero-order valence-electron chi connectivity index (χ0n) is 12.3. The van der Waals surface area contributed by atoms with Gasteiger partial charge in [0.05, 0.1) is 11.2 Å². The molecule has 7 heteroatoms. The molecule has 1 amide bonds. The topological polar surface area (TPSA) is 70.7 Å². The molecule has 0 aliphatic carbocycles. The number of carbonyl (C=O) groups excluding carboxylic acids is 1. The van der Waals surface area contributed by atoms with E-state index in [4.69, 9.17) is 11.6 Å². The van der Waals surface area contributed by atoms with Crippen molar-refractivity contribution in [3.05, 3.63) is 64.6 Å². The van der Waals surface area contributed by atoms with E-state index in [0.717, 1.165) is 22.2 Å². The van der Waals surface area contributed by atoms with E-state index in [1.54, 1.807) is 0 Å². The van der Waals surface area contributed by atoms with Crippen LogP contribution in [0.2, 0.25) is 5.02 Å². The Kier molecular flexibility index (Phi) is 3.76. The Morgan fingerprint density at radius 2 is 1.92 bits per heavy atom. The van der Waals surface area contributed by atoms with Crippen molar-refractivity contribution in [2.24, 2.45) is 0 Å². The number of hydrogen-bond donors (Lipinski definition) is 2. The van der Waals surface area contributed by atoms with Crippen LogP contribution in [0.25, 0.3) is 22.2 Å². The molecule has 4 aromatic rings. The lowest BCUT2D eigenvalue weighted by atomic mass is 10.2. The summed E-state index contributed by atoms with van der Waals surface area (Å²) in [4.78, 5) is 16.9. The van der Waals surface area contributed by atoms with Crippen molar-refractivity contribution in [3.63, 3.8) is 0 Å². The van der Waals surface area contributed by atoms with Gasteiger partial charge in [-0.1, -0.05) is 41.9 Å². The SMILES string of the molecule is O=C(Nc1nc(-c2ccc(Cl)cc2)cs1)c1n[nH]c2ccccc12. The van der Waals surface area contributed by atoms with E-state index >= 15 is 0 Å². The van der Waals surface area contributed by atoms with Crippen LogP contribution in [0, 0.1) is 0 Å². The van der Waals surface area contributed by atoms with Gasteiger partial charge in [-0.25, -0.2) is 4.98 Å². The van der Waals surface area contributed by atoms with E-state index in [1.165, 1.54) is 11.3 Å². The maximum atomic E-state index is 12.4. The zero-order valence-corrected chi connectivity index (χ0v) is 13.9. The fourth-order valence-corrected chi connectivity index (χ4v) is 3.22. The highest BCUT2D eigenvalue weighted by Crippen LogP contribution is 2.26. The molecule has 24 heavy (non-hydrogen) atoms. The van der Waals surface area contributed by atoms with Gasteiger partial charge in [-0.05, 0) is 18.2 Å². The number of aromatic nitrogens is 3. The molecule has 2 aromatic carbocycles. The number of thiazole rings is 1. The highest BCUT2D eigenvalue weighted by Gasteiger charge is 2.15. The monoisotopic (exact) mass is 354 g/mol. The van der Waals surface area contributed by atoms with Crippen LogP contribution in [0.4, 0.5) is 5.13 Å². The second-order valence-electron chi connectivity index (χ2n) is 5.12. The van der Waals surface area contributed by atoms with Gasteiger partial charge in [0.1, 0.15) is 0 Å². The summed E-state index contributed by atoms with van der Waals surface area (Å²) in [6.07, 6.45) is 0. The molecule has 2 heterocycles. The fraction of sp³-hybridized carbons (Fsp3) is 0. The van der Waals surface area contributed by atoms with Crippen LogP contribution in [0.15, 0.2) is 53.9 Å². The van der Waals surface area contributed by atoms with E-state index in [0.29, 0.717) is 15.8 Å². The minimum absolute atomic E-state index is 0.288. The lowest BCUT2D eigenvalue weighted by Crippen LogP contribution is -2.12. The fourth-order valence-electron chi connectivity index (χ4n) is 2.38. The number of para-hydroxylation sites is 1. The third-order valence-corrected chi connectivity index (χ3v) is 4.56. The highest BCUT2D eigenvalue weighted by molar-refractivity contribution is 7.14. The van der Waals surface area contributed by atoms with Crippen molar-refractivity contribution in [1.29, 1.82) is 0 Å². The summed E-state index contributed by atoms with van der Waals surface area (Å²) in [5, 5.41) is 13.6. The molecule has 0 aliphatic rings. The van der Waals surface area contributed by atoms with Gasteiger partial charge < -0.3 is 0 Å². The molecule has 0 fully saturated rings. The Labute approximate surface area is 146 Å². The normalized spacial score (nSPS) is 10.9. The number of amides is 1. The minimum Gasteiger partial charge on any atom is -0.296 e. The van der Waals surface area contributed by atoms with Crippen LogP contribution in [0.3, 0.4) is 0 Å². The van der Waals surface area contributed by atoms with Crippen molar-refractivity contribution < 1.29 is 4.79 Å². The van der Waals surface area contributed by atoms with Crippen LogP contribution in [-0.2, 0) is 0 Å². The van der Waals surface area contributed by atoms with E-state index < -0.39 is 0 Å². The van der Waals surface area contributed by atoms with Gasteiger partial charge in [-0.3, -0.25) is 15.2 Å². The van der Waals surface area contributed by atoms with Crippen LogP contribution in [-0.4, -0.2) is 21.1 Å². The summed E-state index contributed by atoms with van der Waals surface area (Å²) >= 11 is 7.26. The van der Waals surface area contributed by atoms with Crippen molar-refractivity contribution in [1.82, 2.24) is 15.2 Å². The first-order valence-electron chi connectivity index (χ1n) is 7.16. The number of nitrogens with one attached hydrogen (secondary N) is 2. The number of hydrogen-bond acceptors (Lipinski definition) is 4. The Bertz CT molecular complexity index is 1020. The van der Waals surface area contributed by atoms with Gasteiger partial charge in [0.15, 0.2) is 10.8 Å². The molecule has 2 aromatic heterocycles. The van der Waals surface area contributed by atoms with Gasteiger partial charge in [-0.2, -0.15) is 5.10 Å². The summed E-state index contributed by atoms with van der Waals surface area (Å²) in [6.45, 7) is 0. The smallest absolute Gasteiger partial charge is 0.278 e. The molecule has 0 aliphatic heterocycles. The first kappa shape index (κ1) is 14.9. The molecule has 0 radical (unpaired) electrons. The molecule has 0 saturated heterocycles. The predicted octanol–water partition coefficient (Wildman–Crippen LogP) is 4.59. The summed E-state index contributed by atoms with van der Waals surface area (Å²) in [5.74, 6) is -0.288. The summed E-state index contributed by atoms with van der Waals surface area (Å²) < 4.78 is 0. The number of anilines is 1. The summed E-state index contributed by atoms with van der Waals surface area (Å²) in [5.41, 5.74) is 2.91. The average molecular weight is 355 g/mol. The lowest BCUT2D eigenvalue weighted by Gasteiger charge is -1.99. The number of nitrogens with zero attached hydrogens (tertiary/aromatic N) is 2. The average Bonchev–Trinajstić information content (AvgIpc) is 3.22. The molecule has 0 bridgehead atoms. The molecular weight excluding hydrogens is 344 g/mol. The first-order chi connectivity index (χ1) is 11.7. The number of rotatable bonds is 3. The van der Waals surface area contributed by atoms with Crippen LogP contribution in [0.5, 0.6) is 0 Å². The van der Waals surface area contributed by atoms with E-state index in [-0.39, 0.29) is 5.91 Å². The van der Waals surface area contributed by atoms with E-state index in [9.17, 15) is 4.79 Å². The lowest BCUT2D eigenvalue weighted by molar-refractivity contribution is 0.102. The third kappa shape index (κ3) is 2.77. The Hall–Kier alpha value is -2.70. The number of H-pyrrole nitrogens is 1. The van der Waals surface area contributed by atoms with Gasteiger partial charge in [-0.15, -0.1) is 11.3 Å². The van der Waals surface area contributed by atoms with Gasteiger partial charge in [0, 0.05) is 21.4 Å². The van der Waals surface area contributed by atoms with Crippen LogP contribution in [0.1, 0.15) is 10.5 Å². The third-order valence-electron chi connectivity index (χ3n) is 3.55. The maximum absolute atomic E-state index is 12.4. The second-order valence-corrected chi connectivity index (χ2v) is 6.41. The molecule has 4 rings (SSSR count). The van der Waals surface area contributed by atoms with Gasteiger partial charge >= 0.3 is 0 Å². The quantitative estimate of drug-likeness (QED) is 0.565. The summed E-state index contributed by atoms with van der Waals surface area (Å²) in [6, 6.07) is 14.9. The number of halogens is 1. The first-order valence-corrected chi connectivity index (χ1v) is 8.42. The number of fused-ring (bicyclic) bond motifs is 1. The Morgan fingerprint density at radius 1 is 1.12 bits per heavy atom. The number of aromatic amines is 1. The predicted molar refractivity (Wildman–Crippen MR) is 96.6 cm³/mol. The molecule has 118 valence electrons. The molecule has 5 nitrogen and oxygen atoms in total. The molecular formula is C17H11ClN4OS. The minimum atomic E-state index is -0.288. The Morgan fingerprint density at radius 3 is 2.75 bits per heavy atom. The van der Waals surface area contributed by atoms with E-state index in [2.05, 4.69) is 20.5 Å². The number of carbonyl (C=O) groups is 1. The van der Waals surface area contributed by atoms with Gasteiger partial charge in [0.25, 0.3) is 5.91 Å². The molecule has 0 saturated carbocycles. The van der Waals surface area contributed by atoms with Crippen molar-refractivity contribution in [2.45, 2.75) is 0 Å². The zero-order chi connectivity index (χ0) is 16.5. The number of benzene rings is 2. The largest absolute Gasteiger partial charge is 0.296 e. The van der Waals surface area contributed by atoms with Crippen molar-refractivity contribution >= 4 is 44.9 Å². The van der Waals surface area contributed by atoms with Crippen LogP contribution >= 0.6 is 22.9 Å². The van der Waals surface area contributed by atoms with Crippen molar-refractivity contribution in [2.75, 3.05) is 5.32 Å². The molecule has 2 N–H and O–H groups in total. The second kappa shape index (κ2) is 6.07. The highest BCUT2D eigenvalue weighted by atomic mass is 35.5. The Balaban J connectivity index is 1.57. The van der Waals surface area contributed by atoms with Crippen molar-refractivity contribution in [3.8, 4) is 11.3 Å². The summed E-state index contributed by atoms with van der Waals surface area (Å²) in [7, 11) is 0. The van der Waals surface area contributed by atoms with Gasteiger partial charge in [0.2, 0.25) is 0 Å². The molecule has 0 spiro atoms. The molecule has 0 unspecified atom stereocenters. The van der Waals surface area contributed by atoms with E-state index in [1.807, 2.05) is 53.9 Å². The standard InChI is InChI=1S/C17H11ClN4OS/c18-11-7-5-10(6-8-11)14-9-24-17(19-14)20-16(23)15-12-3-1-2-4-13(12)21-22-15/h1-9H,(H,21,22)(H,19,20,23). The maximum Gasteiger partial charge on any atom is 0.278 e. The van der Waals surface area contributed by atoms with Crippen LogP contribution < -0.4 is 5.32 Å².